The minimum atomic E-state index is -4.65. The first-order chi connectivity index (χ1) is 19.8. The average Bonchev–Trinajstić information content (AvgIpc) is 2.95. The Morgan fingerprint density at radius 2 is 1.79 bits per heavy atom. The van der Waals surface area contributed by atoms with Gasteiger partial charge in [-0.15, -0.1) is 0 Å². The number of anilines is 1. The summed E-state index contributed by atoms with van der Waals surface area (Å²) in [5.41, 5.74) is 0.199. The number of carbonyl (C=O) groups excluding carboxylic acids is 2. The van der Waals surface area contributed by atoms with Crippen molar-refractivity contribution >= 4 is 44.8 Å². The first kappa shape index (κ1) is 32.3. The summed E-state index contributed by atoms with van der Waals surface area (Å²) in [7, 11) is -3.35. The van der Waals surface area contributed by atoms with E-state index in [2.05, 4.69) is 5.32 Å². The third-order valence-corrected chi connectivity index (χ3v) is 8.43. The van der Waals surface area contributed by atoms with Crippen LogP contribution in [0.2, 0.25) is 5.02 Å². The molecule has 0 radical (unpaired) electrons. The molecule has 42 heavy (non-hydrogen) atoms. The Balaban J connectivity index is 2.16. The first-order valence-corrected chi connectivity index (χ1v) is 14.5. The Morgan fingerprint density at radius 1 is 1.12 bits per heavy atom. The fourth-order valence-electron chi connectivity index (χ4n) is 4.14. The second-order valence-corrected chi connectivity index (χ2v) is 11.6. The van der Waals surface area contributed by atoms with Gasteiger partial charge in [-0.25, -0.2) is 12.8 Å². The number of nitro benzene ring substituents is 1. The van der Waals surface area contributed by atoms with Gasteiger partial charge in [0.25, 0.3) is 15.7 Å². The number of hydrogen-bond donors (Lipinski definition) is 1. The summed E-state index contributed by atoms with van der Waals surface area (Å²) in [6.45, 7) is 3.96. The zero-order chi connectivity index (χ0) is 31.2. The fraction of sp³-hybridized carbons (Fsp3) is 0.286. The number of likely N-dealkylation sites (N-methyl/N-ethyl adjacent to an activating group) is 1. The highest BCUT2D eigenvalue weighted by atomic mass is 35.5. The average molecular weight is 621 g/mol. The number of sulfonamides is 1. The van der Waals surface area contributed by atoms with Crippen molar-refractivity contribution in [3.05, 3.63) is 92.7 Å². The number of halogens is 2. The van der Waals surface area contributed by atoms with Crippen LogP contribution < -0.4 is 14.4 Å². The molecule has 3 rings (SSSR count). The van der Waals surface area contributed by atoms with Crippen LogP contribution in [0.15, 0.2) is 65.6 Å². The summed E-state index contributed by atoms with van der Waals surface area (Å²) in [6, 6.07) is 11.8. The van der Waals surface area contributed by atoms with Gasteiger partial charge in [-0.2, -0.15) is 0 Å². The number of amides is 2. The smallest absolute Gasteiger partial charge is 0.273 e. The van der Waals surface area contributed by atoms with Gasteiger partial charge in [0.2, 0.25) is 11.8 Å². The number of nitrogens with zero attached hydrogens (tertiary/aromatic N) is 3. The van der Waals surface area contributed by atoms with Gasteiger partial charge in [0.15, 0.2) is 0 Å². The normalized spacial score (nSPS) is 11.9. The summed E-state index contributed by atoms with van der Waals surface area (Å²) in [4.78, 5) is 38.3. The third kappa shape index (κ3) is 7.34. The lowest BCUT2D eigenvalue weighted by Crippen LogP contribution is -2.51. The second kappa shape index (κ2) is 13.6. The highest BCUT2D eigenvalue weighted by molar-refractivity contribution is 7.92. The number of methoxy groups -OCH3 is 1. The molecule has 224 valence electrons. The van der Waals surface area contributed by atoms with Crippen LogP contribution in [0.3, 0.4) is 0 Å². The van der Waals surface area contributed by atoms with Crippen LogP contribution in [0.4, 0.5) is 15.8 Å². The van der Waals surface area contributed by atoms with Gasteiger partial charge in [0.05, 0.1) is 22.6 Å². The van der Waals surface area contributed by atoms with Crippen molar-refractivity contribution in [2.24, 2.45) is 0 Å². The minimum Gasteiger partial charge on any atom is -0.495 e. The van der Waals surface area contributed by atoms with Crippen LogP contribution in [0.1, 0.15) is 25.0 Å². The minimum absolute atomic E-state index is 0.0549. The Kier molecular flexibility index (Phi) is 10.5. The van der Waals surface area contributed by atoms with Gasteiger partial charge in [0, 0.05) is 29.7 Å². The molecule has 0 spiro atoms. The summed E-state index contributed by atoms with van der Waals surface area (Å²) >= 11 is 6.20. The van der Waals surface area contributed by atoms with E-state index in [1.807, 2.05) is 0 Å². The molecule has 0 saturated heterocycles. The number of nitro groups is 1. The number of aryl methyl sites for hydroxylation is 1. The van der Waals surface area contributed by atoms with Crippen LogP contribution in [0.25, 0.3) is 0 Å². The quantitative estimate of drug-likeness (QED) is 0.233. The zero-order valence-corrected chi connectivity index (χ0v) is 24.9. The molecule has 0 fully saturated rings. The maximum atomic E-state index is 14.1. The molecule has 1 atom stereocenters. The largest absolute Gasteiger partial charge is 0.495 e. The van der Waals surface area contributed by atoms with Gasteiger partial charge in [0.1, 0.15) is 24.2 Å². The lowest BCUT2D eigenvalue weighted by molar-refractivity contribution is -0.385. The summed E-state index contributed by atoms with van der Waals surface area (Å²) < 4.78 is 47.8. The lowest BCUT2D eigenvalue weighted by Gasteiger charge is -2.32. The van der Waals surface area contributed by atoms with E-state index in [4.69, 9.17) is 16.3 Å². The molecule has 3 aromatic carbocycles. The Morgan fingerprint density at radius 3 is 2.38 bits per heavy atom. The molecule has 3 aromatic rings. The molecule has 0 aliphatic carbocycles. The van der Waals surface area contributed by atoms with Crippen molar-refractivity contribution in [1.82, 2.24) is 10.2 Å². The van der Waals surface area contributed by atoms with E-state index in [1.54, 1.807) is 6.92 Å². The fourth-order valence-corrected chi connectivity index (χ4v) is 5.74. The van der Waals surface area contributed by atoms with E-state index in [1.165, 1.54) is 75.6 Å². The van der Waals surface area contributed by atoms with Crippen molar-refractivity contribution in [3.63, 3.8) is 0 Å². The van der Waals surface area contributed by atoms with E-state index < -0.39 is 55.7 Å². The number of nitrogens with one attached hydrogen (secondary N) is 1. The Hall–Kier alpha value is -4.23. The SMILES string of the molecule is CCNC(=O)[C@@H](C)N(Cc1ccc(F)cc1)C(=O)CN(c1cc(Cl)ccc1OC)S(=O)(=O)c1ccc(C)c([N+](=O)[O-])c1. The molecule has 0 aliphatic heterocycles. The van der Waals surface area contributed by atoms with E-state index in [0.717, 1.165) is 15.3 Å². The van der Waals surface area contributed by atoms with Crippen LogP contribution >= 0.6 is 11.6 Å². The van der Waals surface area contributed by atoms with Gasteiger partial charge in [-0.3, -0.25) is 24.0 Å². The van der Waals surface area contributed by atoms with Gasteiger partial charge >= 0.3 is 0 Å². The highest BCUT2D eigenvalue weighted by Gasteiger charge is 2.34. The maximum absolute atomic E-state index is 14.1. The van der Waals surface area contributed by atoms with Crippen molar-refractivity contribution in [3.8, 4) is 5.75 Å². The molecule has 0 aromatic heterocycles. The maximum Gasteiger partial charge on any atom is 0.273 e. The Labute approximate surface area is 248 Å². The van der Waals surface area contributed by atoms with Crippen molar-refractivity contribution in [2.75, 3.05) is 24.5 Å². The molecule has 0 aliphatic rings. The second-order valence-electron chi connectivity index (χ2n) is 9.25. The molecule has 0 saturated carbocycles. The molecular formula is C28H30ClFN4O7S. The number of rotatable bonds is 12. The third-order valence-electron chi connectivity index (χ3n) is 6.44. The number of ether oxygens (including phenoxy) is 1. The first-order valence-electron chi connectivity index (χ1n) is 12.7. The number of benzene rings is 3. The van der Waals surface area contributed by atoms with E-state index >= 15 is 0 Å². The molecule has 2 amide bonds. The summed E-state index contributed by atoms with van der Waals surface area (Å²) in [5.74, 6) is -1.72. The molecule has 11 nitrogen and oxygen atoms in total. The number of hydrogen-bond acceptors (Lipinski definition) is 7. The molecule has 0 unspecified atom stereocenters. The van der Waals surface area contributed by atoms with E-state index in [0.29, 0.717) is 5.56 Å². The summed E-state index contributed by atoms with van der Waals surface area (Å²) in [5, 5.41) is 14.3. The molecule has 1 N–H and O–H groups in total. The van der Waals surface area contributed by atoms with Crippen molar-refractivity contribution in [2.45, 2.75) is 38.3 Å². The van der Waals surface area contributed by atoms with Crippen molar-refractivity contribution in [1.29, 1.82) is 0 Å². The standard InChI is InChI=1S/C28H30ClFN4O7S/c1-5-31-28(36)19(3)32(16-20-7-10-22(30)11-8-20)27(35)17-33(25-14-21(29)9-13-26(25)41-4)42(39,40)23-12-6-18(2)24(15-23)34(37)38/h6-15,19H,5,16-17H2,1-4H3,(H,31,36)/t19-/m1/s1. The highest BCUT2D eigenvalue weighted by Crippen LogP contribution is 2.36. The van der Waals surface area contributed by atoms with Gasteiger partial charge in [-0.05, 0) is 62.7 Å². The van der Waals surface area contributed by atoms with E-state index in [9.17, 15) is 32.5 Å². The van der Waals surface area contributed by atoms with Crippen LogP contribution in [-0.2, 0) is 26.2 Å². The Bertz CT molecular complexity index is 1590. The number of carbonyl (C=O) groups is 2. The zero-order valence-electron chi connectivity index (χ0n) is 23.3. The topological polar surface area (TPSA) is 139 Å². The predicted molar refractivity (Wildman–Crippen MR) is 155 cm³/mol. The van der Waals surface area contributed by atoms with Gasteiger partial charge in [-0.1, -0.05) is 29.8 Å². The monoisotopic (exact) mass is 620 g/mol. The lowest BCUT2D eigenvalue weighted by atomic mass is 10.1. The van der Waals surface area contributed by atoms with Crippen LogP contribution in [0.5, 0.6) is 5.75 Å². The van der Waals surface area contributed by atoms with E-state index in [-0.39, 0.29) is 35.1 Å². The van der Waals surface area contributed by atoms with Gasteiger partial charge < -0.3 is 15.0 Å². The van der Waals surface area contributed by atoms with Crippen LogP contribution in [0, 0.1) is 22.9 Å². The predicted octanol–water partition coefficient (Wildman–Crippen LogP) is 4.45. The molecular weight excluding hydrogens is 591 g/mol. The van der Waals surface area contributed by atoms with Crippen LogP contribution in [-0.4, -0.2) is 56.3 Å². The molecule has 0 bridgehead atoms. The molecule has 0 heterocycles. The van der Waals surface area contributed by atoms with Crippen molar-refractivity contribution < 1.29 is 32.1 Å². The summed E-state index contributed by atoms with van der Waals surface area (Å²) in [6.07, 6.45) is 0. The molecule has 14 heteroatoms.